The van der Waals surface area contributed by atoms with Gasteiger partial charge in [0.05, 0.1) is 17.6 Å². The van der Waals surface area contributed by atoms with Crippen molar-refractivity contribution in [2.75, 3.05) is 42.1 Å². The van der Waals surface area contributed by atoms with Crippen molar-refractivity contribution in [3.05, 3.63) is 58.9 Å². The summed E-state index contributed by atoms with van der Waals surface area (Å²) in [5.41, 5.74) is 2.73. The molecular weight excluding hydrogens is 501 g/mol. The maximum Gasteiger partial charge on any atom is 0.255 e. The van der Waals surface area contributed by atoms with Gasteiger partial charge < -0.3 is 9.80 Å². The van der Waals surface area contributed by atoms with Crippen LogP contribution in [0.2, 0.25) is 0 Å². The molecule has 196 valence electrons. The fourth-order valence-electron chi connectivity index (χ4n) is 5.16. The number of piperazine rings is 1. The van der Waals surface area contributed by atoms with Gasteiger partial charge in [0.1, 0.15) is 11.9 Å². The lowest BCUT2D eigenvalue weighted by molar-refractivity contribution is -0.136. The number of carbonyl (C=O) groups excluding carboxylic acids is 3. The molecule has 10 nitrogen and oxygen atoms in total. The number of carbonyl (C=O) groups is 3. The molecule has 0 aliphatic carbocycles. The molecule has 1 unspecified atom stereocenters. The van der Waals surface area contributed by atoms with Crippen molar-refractivity contribution in [3.63, 3.8) is 0 Å². The molecule has 2 fully saturated rings. The van der Waals surface area contributed by atoms with Crippen LogP contribution in [-0.4, -0.2) is 74.4 Å². The first-order chi connectivity index (χ1) is 17.6. The van der Waals surface area contributed by atoms with Gasteiger partial charge in [-0.1, -0.05) is 18.2 Å². The van der Waals surface area contributed by atoms with E-state index in [2.05, 4.69) is 14.9 Å². The van der Waals surface area contributed by atoms with Gasteiger partial charge in [-0.05, 0) is 35.7 Å². The SMILES string of the molecule is CS(=O)(=O)Nc1ccccc1CN1CCN(c2cc3c(cc2F)C(=O)N(C2CCC(=O)NC2=O)C3)CC1. The van der Waals surface area contributed by atoms with Crippen molar-refractivity contribution >= 4 is 39.1 Å². The summed E-state index contributed by atoms with van der Waals surface area (Å²) in [5.74, 6) is -1.75. The van der Waals surface area contributed by atoms with Gasteiger partial charge in [0.2, 0.25) is 21.8 Å². The summed E-state index contributed by atoms with van der Waals surface area (Å²) in [6.45, 7) is 3.15. The predicted octanol–water partition coefficient (Wildman–Crippen LogP) is 1.28. The molecule has 3 aliphatic rings. The average molecular weight is 530 g/mol. The van der Waals surface area contributed by atoms with E-state index in [1.807, 2.05) is 17.0 Å². The number of nitrogens with zero attached hydrogens (tertiary/aromatic N) is 3. The number of anilines is 2. The standard InChI is InChI=1S/C25H28FN5O5S/c1-37(35,36)28-20-5-3-2-4-16(20)14-29-8-10-30(11-9-29)22-12-17-15-31(25(34)18(17)13-19(22)26)21-6-7-23(32)27-24(21)33/h2-5,12-13,21,28H,6-11,14-15H2,1H3,(H,27,32,33). The number of fused-ring (bicyclic) bond motifs is 1. The van der Waals surface area contributed by atoms with Crippen molar-refractivity contribution < 1.29 is 27.2 Å². The van der Waals surface area contributed by atoms with Crippen molar-refractivity contribution in [1.82, 2.24) is 15.1 Å². The highest BCUT2D eigenvalue weighted by Gasteiger charge is 2.40. The smallest absolute Gasteiger partial charge is 0.255 e. The van der Waals surface area contributed by atoms with E-state index < -0.39 is 33.7 Å². The Morgan fingerprint density at radius 1 is 1.08 bits per heavy atom. The van der Waals surface area contributed by atoms with E-state index >= 15 is 4.39 Å². The number of hydrogen-bond acceptors (Lipinski definition) is 7. The van der Waals surface area contributed by atoms with Gasteiger partial charge in [-0.3, -0.25) is 29.3 Å². The van der Waals surface area contributed by atoms with Gasteiger partial charge in [-0.25, -0.2) is 12.8 Å². The van der Waals surface area contributed by atoms with Crippen molar-refractivity contribution in [3.8, 4) is 0 Å². The van der Waals surface area contributed by atoms with Gasteiger partial charge in [0, 0.05) is 51.3 Å². The van der Waals surface area contributed by atoms with E-state index in [1.165, 1.54) is 11.0 Å². The molecular formula is C25H28FN5O5S. The summed E-state index contributed by atoms with van der Waals surface area (Å²) in [5, 5.41) is 2.27. The fraction of sp³-hybridized carbons (Fsp3) is 0.400. The van der Waals surface area contributed by atoms with Crippen LogP contribution in [0, 0.1) is 5.82 Å². The molecule has 3 heterocycles. The lowest BCUT2D eigenvalue weighted by Crippen LogP contribution is -2.52. The van der Waals surface area contributed by atoms with Crippen LogP contribution in [0.1, 0.15) is 34.3 Å². The van der Waals surface area contributed by atoms with Crippen LogP contribution in [0.5, 0.6) is 0 Å². The number of para-hydroxylation sites is 1. The number of sulfonamides is 1. The molecule has 3 amide bonds. The minimum atomic E-state index is -3.40. The number of hydrogen-bond donors (Lipinski definition) is 2. The molecule has 0 saturated carbocycles. The van der Waals surface area contributed by atoms with Crippen LogP contribution in [0.3, 0.4) is 0 Å². The minimum absolute atomic E-state index is 0.162. The Morgan fingerprint density at radius 3 is 2.51 bits per heavy atom. The van der Waals surface area contributed by atoms with Gasteiger partial charge in [0.25, 0.3) is 5.91 Å². The molecule has 0 bridgehead atoms. The number of halogens is 1. The Hall–Kier alpha value is -3.51. The third kappa shape index (κ3) is 5.30. The summed E-state index contributed by atoms with van der Waals surface area (Å²) in [6, 6.07) is 9.44. The molecule has 2 N–H and O–H groups in total. The largest absolute Gasteiger partial charge is 0.367 e. The van der Waals surface area contributed by atoms with Crippen LogP contribution >= 0.6 is 0 Å². The Bertz CT molecular complexity index is 1370. The summed E-state index contributed by atoms with van der Waals surface area (Å²) < 4.78 is 41.1. The monoisotopic (exact) mass is 529 g/mol. The lowest BCUT2D eigenvalue weighted by atomic mass is 10.0. The molecule has 0 spiro atoms. The second-order valence-corrected chi connectivity index (χ2v) is 11.4. The van der Waals surface area contributed by atoms with E-state index in [0.29, 0.717) is 49.7 Å². The number of amides is 3. The van der Waals surface area contributed by atoms with E-state index in [1.54, 1.807) is 18.2 Å². The molecule has 5 rings (SSSR count). The second kappa shape index (κ2) is 9.75. The number of imide groups is 1. The topological polar surface area (TPSA) is 119 Å². The van der Waals surface area contributed by atoms with E-state index in [-0.39, 0.29) is 30.9 Å². The zero-order valence-electron chi connectivity index (χ0n) is 20.4. The Kier molecular flexibility index (Phi) is 6.63. The quantitative estimate of drug-likeness (QED) is 0.541. The van der Waals surface area contributed by atoms with Gasteiger partial charge >= 0.3 is 0 Å². The summed E-state index contributed by atoms with van der Waals surface area (Å²) in [6.07, 6.45) is 1.53. The summed E-state index contributed by atoms with van der Waals surface area (Å²) in [4.78, 5) is 42.2. The highest BCUT2D eigenvalue weighted by Crippen LogP contribution is 2.33. The van der Waals surface area contributed by atoms with Crippen molar-refractivity contribution in [2.24, 2.45) is 0 Å². The Morgan fingerprint density at radius 2 is 1.81 bits per heavy atom. The zero-order valence-corrected chi connectivity index (χ0v) is 21.2. The highest BCUT2D eigenvalue weighted by atomic mass is 32.2. The maximum absolute atomic E-state index is 15.1. The minimum Gasteiger partial charge on any atom is -0.367 e. The molecule has 2 saturated heterocycles. The molecule has 0 aromatic heterocycles. The lowest BCUT2D eigenvalue weighted by Gasteiger charge is -2.36. The second-order valence-electron chi connectivity index (χ2n) is 9.66. The molecule has 2 aromatic rings. The van der Waals surface area contributed by atoms with Crippen LogP contribution < -0.4 is 14.9 Å². The van der Waals surface area contributed by atoms with Crippen LogP contribution in [0.15, 0.2) is 36.4 Å². The van der Waals surface area contributed by atoms with Gasteiger partial charge in [-0.2, -0.15) is 0 Å². The zero-order chi connectivity index (χ0) is 26.3. The number of piperidine rings is 1. The Balaban J connectivity index is 1.26. The molecule has 3 aliphatic heterocycles. The van der Waals surface area contributed by atoms with E-state index in [9.17, 15) is 22.8 Å². The third-order valence-corrected chi connectivity index (χ3v) is 7.60. The maximum atomic E-state index is 15.1. The molecule has 1 atom stereocenters. The first kappa shape index (κ1) is 25.2. The first-order valence-corrected chi connectivity index (χ1v) is 14.0. The highest BCUT2D eigenvalue weighted by molar-refractivity contribution is 7.92. The Labute approximate surface area is 214 Å². The van der Waals surface area contributed by atoms with Crippen LogP contribution in [-0.2, 0) is 32.7 Å². The van der Waals surface area contributed by atoms with Crippen LogP contribution in [0.25, 0.3) is 0 Å². The first-order valence-electron chi connectivity index (χ1n) is 12.1. The molecule has 12 heteroatoms. The number of rotatable bonds is 6. The number of benzene rings is 2. The van der Waals surface area contributed by atoms with Crippen molar-refractivity contribution in [1.29, 1.82) is 0 Å². The van der Waals surface area contributed by atoms with Gasteiger partial charge in [-0.15, -0.1) is 0 Å². The molecule has 0 radical (unpaired) electrons. The normalized spacial score (nSPS) is 20.7. The summed E-state index contributed by atoms with van der Waals surface area (Å²) >= 11 is 0. The van der Waals surface area contributed by atoms with Crippen LogP contribution in [0.4, 0.5) is 15.8 Å². The van der Waals surface area contributed by atoms with E-state index in [4.69, 9.17) is 0 Å². The number of nitrogens with one attached hydrogen (secondary N) is 2. The van der Waals surface area contributed by atoms with Crippen molar-refractivity contribution in [2.45, 2.75) is 32.0 Å². The molecule has 37 heavy (non-hydrogen) atoms. The van der Waals surface area contributed by atoms with Gasteiger partial charge in [0.15, 0.2) is 0 Å². The van der Waals surface area contributed by atoms with E-state index in [0.717, 1.165) is 11.8 Å². The fourth-order valence-corrected chi connectivity index (χ4v) is 5.76. The molecule has 2 aromatic carbocycles. The predicted molar refractivity (Wildman–Crippen MR) is 135 cm³/mol. The average Bonchev–Trinajstić information content (AvgIpc) is 3.14. The third-order valence-electron chi connectivity index (χ3n) is 7.01. The summed E-state index contributed by atoms with van der Waals surface area (Å²) in [7, 11) is -3.40.